The summed E-state index contributed by atoms with van der Waals surface area (Å²) in [5, 5.41) is 2.57. The molecule has 2 aromatic rings. The van der Waals surface area contributed by atoms with Crippen LogP contribution in [0.1, 0.15) is 24.0 Å². The third-order valence-electron chi connectivity index (χ3n) is 6.73. The van der Waals surface area contributed by atoms with Crippen LogP contribution in [-0.4, -0.2) is 61.4 Å². The molecule has 2 heterocycles. The lowest BCUT2D eigenvalue weighted by Crippen LogP contribution is -2.59. The third-order valence-corrected chi connectivity index (χ3v) is 8.43. The highest BCUT2D eigenvalue weighted by atomic mass is 32.2. The first-order chi connectivity index (χ1) is 13.0. The van der Waals surface area contributed by atoms with Crippen molar-refractivity contribution in [3.8, 4) is 0 Å². The number of hydrogen-bond acceptors (Lipinski definition) is 4. The lowest BCUT2D eigenvalue weighted by atomic mass is 9.97. The minimum absolute atomic E-state index is 0.140. The molecule has 3 fully saturated rings. The van der Waals surface area contributed by atoms with Crippen LogP contribution in [0, 0.1) is 12.8 Å². The van der Waals surface area contributed by atoms with Crippen LogP contribution in [0.2, 0.25) is 0 Å². The third kappa shape index (κ3) is 3.41. The van der Waals surface area contributed by atoms with E-state index in [1.165, 1.54) is 34.7 Å². The van der Waals surface area contributed by atoms with Crippen molar-refractivity contribution in [2.24, 2.45) is 5.92 Å². The summed E-state index contributed by atoms with van der Waals surface area (Å²) in [5.74, 6) is 1.47. The lowest BCUT2D eigenvalue weighted by Gasteiger charge is -2.44. The Kier molecular flexibility index (Phi) is 4.30. The molecule has 0 aromatic heterocycles. The molecule has 5 heteroatoms. The van der Waals surface area contributed by atoms with Crippen LogP contribution in [-0.2, 0) is 16.4 Å². The van der Waals surface area contributed by atoms with Crippen molar-refractivity contribution >= 4 is 20.6 Å². The number of nitrogens with zero attached hydrogens (tertiary/aromatic N) is 2. The molecule has 0 radical (unpaired) electrons. The fraction of sp³-hybridized carbons (Fsp3) is 0.545. The van der Waals surface area contributed by atoms with E-state index < -0.39 is 9.84 Å². The van der Waals surface area contributed by atoms with E-state index in [0.717, 1.165) is 32.1 Å². The molecule has 2 atom stereocenters. The summed E-state index contributed by atoms with van der Waals surface area (Å²) in [5.41, 5.74) is 2.65. The highest BCUT2D eigenvalue weighted by Crippen LogP contribution is 2.35. The molecule has 0 bridgehead atoms. The van der Waals surface area contributed by atoms with Gasteiger partial charge in [0, 0.05) is 38.3 Å². The molecule has 144 valence electrons. The molecule has 2 saturated heterocycles. The predicted octanol–water partition coefficient (Wildman–Crippen LogP) is 2.84. The van der Waals surface area contributed by atoms with Crippen molar-refractivity contribution < 1.29 is 8.42 Å². The first-order valence-electron chi connectivity index (χ1n) is 10.2. The molecule has 27 heavy (non-hydrogen) atoms. The van der Waals surface area contributed by atoms with Crippen molar-refractivity contribution in [3.63, 3.8) is 0 Å². The average Bonchev–Trinajstić information content (AvgIpc) is 3.39. The van der Waals surface area contributed by atoms with E-state index in [2.05, 4.69) is 53.1 Å². The Balaban J connectivity index is 1.45. The van der Waals surface area contributed by atoms with E-state index in [0.29, 0.717) is 11.5 Å². The van der Waals surface area contributed by atoms with Gasteiger partial charge in [0.05, 0.1) is 11.5 Å². The SMILES string of the molecule is Cc1ccc2ccccc2c1CN1CCN(CC2CC2)[C@@H]2CS(=O)(=O)C[C@@H]21. The summed E-state index contributed by atoms with van der Waals surface area (Å²) in [6.45, 7) is 6.08. The van der Waals surface area contributed by atoms with Crippen molar-refractivity contribution in [2.45, 2.75) is 38.4 Å². The smallest absolute Gasteiger partial charge is 0.153 e. The van der Waals surface area contributed by atoms with Crippen LogP contribution in [0.4, 0.5) is 0 Å². The summed E-state index contributed by atoms with van der Waals surface area (Å²) >= 11 is 0. The first-order valence-corrected chi connectivity index (χ1v) is 12.0. The van der Waals surface area contributed by atoms with Gasteiger partial charge in [0.25, 0.3) is 0 Å². The first kappa shape index (κ1) is 17.7. The second kappa shape index (κ2) is 6.57. The maximum atomic E-state index is 12.5. The zero-order valence-corrected chi connectivity index (χ0v) is 16.8. The van der Waals surface area contributed by atoms with Crippen LogP contribution in [0.5, 0.6) is 0 Å². The topological polar surface area (TPSA) is 40.6 Å². The molecule has 3 aliphatic rings. The monoisotopic (exact) mass is 384 g/mol. The fourth-order valence-corrected chi connectivity index (χ4v) is 7.05. The van der Waals surface area contributed by atoms with Crippen molar-refractivity contribution in [2.75, 3.05) is 31.1 Å². The van der Waals surface area contributed by atoms with Crippen molar-refractivity contribution in [1.29, 1.82) is 0 Å². The molecule has 0 spiro atoms. The minimum atomic E-state index is -2.94. The molecule has 4 nitrogen and oxygen atoms in total. The number of benzene rings is 2. The Morgan fingerprint density at radius 1 is 0.963 bits per heavy atom. The quantitative estimate of drug-likeness (QED) is 0.813. The molecule has 0 unspecified atom stereocenters. The van der Waals surface area contributed by atoms with E-state index in [1.807, 2.05) is 0 Å². The number of rotatable bonds is 4. The number of fused-ring (bicyclic) bond motifs is 2. The minimum Gasteiger partial charge on any atom is -0.296 e. The van der Waals surface area contributed by atoms with E-state index in [4.69, 9.17) is 0 Å². The standard InChI is InChI=1S/C22H28N2O2S/c1-16-6-9-18-4-2-3-5-19(18)20(16)13-24-11-10-23(12-17-7-8-17)21-14-27(25,26)15-22(21)24/h2-6,9,17,21-22H,7-8,10-15H2,1H3/t21-,22+/m1/s1. The van der Waals surface area contributed by atoms with Crippen molar-refractivity contribution in [1.82, 2.24) is 9.80 Å². The summed E-state index contributed by atoms with van der Waals surface area (Å²) in [4.78, 5) is 4.94. The van der Waals surface area contributed by atoms with Crippen LogP contribution in [0.25, 0.3) is 10.8 Å². The van der Waals surface area contributed by atoms with Crippen LogP contribution in [0.3, 0.4) is 0 Å². The number of hydrogen-bond donors (Lipinski definition) is 0. The highest BCUT2D eigenvalue weighted by molar-refractivity contribution is 7.91. The summed E-state index contributed by atoms with van der Waals surface area (Å²) in [6.07, 6.45) is 2.64. The van der Waals surface area contributed by atoms with Crippen LogP contribution >= 0.6 is 0 Å². The summed E-state index contributed by atoms with van der Waals surface area (Å²) in [7, 11) is -2.94. The molecular formula is C22H28N2O2S. The van der Waals surface area contributed by atoms with Gasteiger partial charge in [-0.3, -0.25) is 9.80 Å². The maximum Gasteiger partial charge on any atom is 0.153 e. The van der Waals surface area contributed by atoms with Crippen LogP contribution in [0.15, 0.2) is 36.4 Å². The fourth-order valence-electron chi connectivity index (χ4n) is 5.01. The van der Waals surface area contributed by atoms with Gasteiger partial charge in [0.15, 0.2) is 9.84 Å². The van der Waals surface area contributed by atoms with E-state index in [-0.39, 0.29) is 12.1 Å². The number of piperazine rings is 1. The number of aryl methyl sites for hydroxylation is 1. The molecule has 0 amide bonds. The maximum absolute atomic E-state index is 12.5. The Hall–Kier alpha value is -1.43. The van der Waals surface area contributed by atoms with Gasteiger partial charge in [-0.25, -0.2) is 8.42 Å². The lowest BCUT2D eigenvalue weighted by molar-refractivity contribution is 0.0378. The van der Waals surface area contributed by atoms with Gasteiger partial charge < -0.3 is 0 Å². The summed E-state index contributed by atoms with van der Waals surface area (Å²) < 4.78 is 24.9. The highest BCUT2D eigenvalue weighted by Gasteiger charge is 2.47. The van der Waals surface area contributed by atoms with Crippen molar-refractivity contribution in [3.05, 3.63) is 47.5 Å². The largest absolute Gasteiger partial charge is 0.296 e. The van der Waals surface area contributed by atoms with Gasteiger partial charge in [-0.1, -0.05) is 36.4 Å². The Labute approximate surface area is 162 Å². The molecule has 5 rings (SSSR count). The Morgan fingerprint density at radius 2 is 1.67 bits per heavy atom. The molecule has 2 aromatic carbocycles. The van der Waals surface area contributed by atoms with Gasteiger partial charge in [-0.2, -0.15) is 0 Å². The molecular weight excluding hydrogens is 356 g/mol. The normalized spacial score (nSPS) is 28.5. The zero-order chi connectivity index (χ0) is 18.6. The molecule has 1 aliphatic carbocycles. The van der Waals surface area contributed by atoms with E-state index in [1.54, 1.807) is 0 Å². The summed E-state index contributed by atoms with van der Waals surface area (Å²) in [6, 6.07) is 13.2. The Morgan fingerprint density at radius 3 is 2.44 bits per heavy atom. The van der Waals surface area contributed by atoms with Gasteiger partial charge in [0.2, 0.25) is 0 Å². The van der Waals surface area contributed by atoms with E-state index >= 15 is 0 Å². The van der Waals surface area contributed by atoms with Crippen LogP contribution < -0.4 is 0 Å². The average molecular weight is 385 g/mol. The molecule has 2 aliphatic heterocycles. The second-order valence-corrected chi connectivity index (χ2v) is 10.9. The Bertz CT molecular complexity index is 967. The zero-order valence-electron chi connectivity index (χ0n) is 16.0. The van der Waals surface area contributed by atoms with Gasteiger partial charge in [0.1, 0.15) is 0 Å². The second-order valence-electron chi connectivity index (χ2n) is 8.70. The van der Waals surface area contributed by atoms with Gasteiger partial charge in [-0.05, 0) is 47.6 Å². The predicted molar refractivity (Wildman–Crippen MR) is 110 cm³/mol. The molecule has 1 saturated carbocycles. The molecule has 0 N–H and O–H groups in total. The van der Waals surface area contributed by atoms with E-state index in [9.17, 15) is 8.42 Å². The van der Waals surface area contributed by atoms with Gasteiger partial charge in [-0.15, -0.1) is 0 Å². The number of sulfone groups is 1. The van der Waals surface area contributed by atoms with Gasteiger partial charge >= 0.3 is 0 Å².